The van der Waals surface area contributed by atoms with Crippen LogP contribution in [-0.4, -0.2) is 23.9 Å². The van der Waals surface area contributed by atoms with Crippen molar-refractivity contribution in [3.63, 3.8) is 0 Å². The first-order valence-electron chi connectivity index (χ1n) is 7.70. The van der Waals surface area contributed by atoms with Gasteiger partial charge in [-0.25, -0.2) is 0 Å². The molecule has 0 bridgehead atoms. The van der Waals surface area contributed by atoms with Crippen LogP contribution in [0.1, 0.15) is 57.6 Å². The summed E-state index contributed by atoms with van der Waals surface area (Å²) in [5.41, 5.74) is 2.01. The Hall–Kier alpha value is -0.860. The van der Waals surface area contributed by atoms with Crippen LogP contribution in [0.25, 0.3) is 0 Å². The summed E-state index contributed by atoms with van der Waals surface area (Å²) in [6, 6.07) is 8.67. The zero-order chi connectivity index (χ0) is 14.8. The Labute approximate surface area is 123 Å². The van der Waals surface area contributed by atoms with Crippen molar-refractivity contribution in [1.82, 2.24) is 0 Å². The third-order valence-electron chi connectivity index (χ3n) is 4.54. The lowest BCUT2D eigenvalue weighted by Crippen LogP contribution is -2.47. The molecule has 20 heavy (non-hydrogen) atoms. The third kappa shape index (κ3) is 3.42. The largest absolute Gasteiger partial charge is 0.387 e. The van der Waals surface area contributed by atoms with Crippen molar-refractivity contribution in [2.24, 2.45) is 0 Å². The number of methoxy groups -OCH3 is 1. The maximum absolute atomic E-state index is 10.9. The van der Waals surface area contributed by atoms with Gasteiger partial charge in [0.2, 0.25) is 0 Å². The van der Waals surface area contributed by atoms with Gasteiger partial charge >= 0.3 is 0 Å². The summed E-state index contributed by atoms with van der Waals surface area (Å²) < 4.78 is 5.51. The van der Waals surface area contributed by atoms with Crippen LogP contribution in [0, 0.1) is 0 Å². The van der Waals surface area contributed by atoms with Crippen molar-refractivity contribution in [2.45, 2.75) is 70.0 Å². The first kappa shape index (κ1) is 15.5. The zero-order valence-electron chi connectivity index (χ0n) is 13.3. The summed E-state index contributed by atoms with van der Waals surface area (Å²) in [4.78, 5) is 0. The summed E-state index contributed by atoms with van der Waals surface area (Å²) in [6.07, 6.45) is 4.72. The molecular weight excluding hydrogens is 248 g/mol. The number of rotatable bonds is 3. The van der Waals surface area contributed by atoms with Gasteiger partial charge in [-0.2, -0.15) is 0 Å². The van der Waals surface area contributed by atoms with Gasteiger partial charge in [-0.05, 0) is 29.4 Å². The average Bonchev–Trinajstić information content (AvgIpc) is 2.38. The minimum absolute atomic E-state index is 0.0291. The number of aliphatic hydroxyl groups is 1. The van der Waals surface area contributed by atoms with Crippen LogP contribution in [-0.2, 0) is 16.6 Å². The van der Waals surface area contributed by atoms with E-state index in [1.54, 1.807) is 7.11 Å². The van der Waals surface area contributed by atoms with Crippen LogP contribution in [0.15, 0.2) is 24.3 Å². The van der Waals surface area contributed by atoms with E-state index in [1.165, 1.54) is 11.1 Å². The molecule has 2 rings (SSSR count). The number of hydrogen-bond acceptors (Lipinski definition) is 2. The lowest BCUT2D eigenvalue weighted by molar-refractivity contribution is -0.116. The molecule has 1 aromatic rings. The molecule has 1 saturated carbocycles. The molecule has 2 unspecified atom stereocenters. The fourth-order valence-corrected chi connectivity index (χ4v) is 3.21. The molecule has 1 aliphatic carbocycles. The highest BCUT2D eigenvalue weighted by Gasteiger charge is 2.39. The van der Waals surface area contributed by atoms with E-state index in [9.17, 15) is 5.11 Å². The first-order valence-corrected chi connectivity index (χ1v) is 7.70. The third-order valence-corrected chi connectivity index (χ3v) is 4.54. The second-order valence-electron chi connectivity index (χ2n) is 7.20. The summed E-state index contributed by atoms with van der Waals surface area (Å²) in [5, 5.41) is 10.9. The molecule has 0 radical (unpaired) electrons. The van der Waals surface area contributed by atoms with Gasteiger partial charge in [0.15, 0.2) is 0 Å². The van der Waals surface area contributed by atoms with Crippen molar-refractivity contribution in [3.05, 3.63) is 35.4 Å². The quantitative estimate of drug-likeness (QED) is 0.908. The standard InChI is InChI=1S/C18H28O2/c1-17(2,3)15-10-8-14(9-11-15)13-18(19)12-6-5-7-16(18)20-4/h8-11,16,19H,5-7,12-13H2,1-4H3. The summed E-state index contributed by atoms with van der Waals surface area (Å²) in [6.45, 7) is 6.66. The first-order chi connectivity index (χ1) is 9.35. The van der Waals surface area contributed by atoms with Gasteiger partial charge in [-0.1, -0.05) is 57.9 Å². The molecule has 2 nitrogen and oxygen atoms in total. The minimum Gasteiger partial charge on any atom is -0.387 e. The molecule has 1 fully saturated rings. The van der Waals surface area contributed by atoms with E-state index < -0.39 is 5.60 Å². The van der Waals surface area contributed by atoms with Crippen molar-refractivity contribution in [3.8, 4) is 0 Å². The molecule has 0 amide bonds. The fraction of sp³-hybridized carbons (Fsp3) is 0.667. The highest BCUT2D eigenvalue weighted by Crippen LogP contribution is 2.33. The van der Waals surface area contributed by atoms with Gasteiger partial charge < -0.3 is 9.84 Å². The van der Waals surface area contributed by atoms with Crippen LogP contribution in [0.5, 0.6) is 0 Å². The van der Waals surface area contributed by atoms with E-state index in [1.807, 2.05) is 0 Å². The van der Waals surface area contributed by atoms with Gasteiger partial charge in [-0.15, -0.1) is 0 Å². The molecule has 2 atom stereocenters. The second kappa shape index (κ2) is 5.87. The maximum atomic E-state index is 10.9. The Balaban J connectivity index is 2.12. The van der Waals surface area contributed by atoms with Gasteiger partial charge in [0, 0.05) is 13.5 Å². The molecule has 0 aliphatic heterocycles. The molecule has 1 aliphatic rings. The van der Waals surface area contributed by atoms with Crippen LogP contribution >= 0.6 is 0 Å². The predicted molar refractivity (Wildman–Crippen MR) is 83.1 cm³/mol. The lowest BCUT2D eigenvalue weighted by atomic mass is 9.77. The number of benzene rings is 1. The smallest absolute Gasteiger partial charge is 0.0948 e. The maximum Gasteiger partial charge on any atom is 0.0948 e. The minimum atomic E-state index is -0.698. The van der Waals surface area contributed by atoms with Gasteiger partial charge in [0.05, 0.1) is 11.7 Å². The predicted octanol–water partition coefficient (Wildman–Crippen LogP) is 3.85. The number of hydrogen-bond donors (Lipinski definition) is 1. The molecule has 1 aromatic carbocycles. The molecule has 0 spiro atoms. The van der Waals surface area contributed by atoms with E-state index in [0.29, 0.717) is 6.42 Å². The molecule has 0 heterocycles. The molecule has 112 valence electrons. The van der Waals surface area contributed by atoms with E-state index >= 15 is 0 Å². The second-order valence-corrected chi connectivity index (χ2v) is 7.20. The molecular formula is C18H28O2. The Bertz CT molecular complexity index is 430. The van der Waals surface area contributed by atoms with Crippen LogP contribution in [0.2, 0.25) is 0 Å². The number of ether oxygens (including phenoxy) is 1. The highest BCUT2D eigenvalue weighted by atomic mass is 16.5. The molecule has 2 heteroatoms. The van der Waals surface area contributed by atoms with E-state index in [0.717, 1.165) is 25.7 Å². The zero-order valence-corrected chi connectivity index (χ0v) is 13.3. The Kier molecular flexibility index (Phi) is 4.55. The van der Waals surface area contributed by atoms with E-state index in [2.05, 4.69) is 45.0 Å². The average molecular weight is 276 g/mol. The monoisotopic (exact) mass is 276 g/mol. The van der Waals surface area contributed by atoms with Gasteiger partial charge in [-0.3, -0.25) is 0 Å². The SMILES string of the molecule is COC1CCCCC1(O)Cc1ccc(C(C)(C)C)cc1. The topological polar surface area (TPSA) is 29.5 Å². The van der Waals surface area contributed by atoms with Crippen molar-refractivity contribution < 1.29 is 9.84 Å². The Morgan fingerprint density at radius 1 is 1.20 bits per heavy atom. The highest BCUT2D eigenvalue weighted by molar-refractivity contribution is 5.28. The lowest BCUT2D eigenvalue weighted by Gasteiger charge is -2.39. The van der Waals surface area contributed by atoms with Crippen molar-refractivity contribution in [1.29, 1.82) is 0 Å². The summed E-state index contributed by atoms with van der Waals surface area (Å²) in [7, 11) is 1.71. The van der Waals surface area contributed by atoms with Crippen molar-refractivity contribution in [2.75, 3.05) is 7.11 Å². The van der Waals surface area contributed by atoms with E-state index in [-0.39, 0.29) is 11.5 Å². The molecule has 1 N–H and O–H groups in total. The van der Waals surface area contributed by atoms with Crippen LogP contribution < -0.4 is 0 Å². The summed E-state index contributed by atoms with van der Waals surface area (Å²) >= 11 is 0. The molecule has 0 saturated heterocycles. The van der Waals surface area contributed by atoms with Gasteiger partial charge in [0.1, 0.15) is 0 Å². The van der Waals surface area contributed by atoms with Gasteiger partial charge in [0.25, 0.3) is 0 Å². The molecule has 0 aromatic heterocycles. The van der Waals surface area contributed by atoms with Crippen LogP contribution in [0.3, 0.4) is 0 Å². The van der Waals surface area contributed by atoms with Crippen LogP contribution in [0.4, 0.5) is 0 Å². The van der Waals surface area contributed by atoms with Crippen molar-refractivity contribution >= 4 is 0 Å². The Morgan fingerprint density at radius 3 is 2.40 bits per heavy atom. The summed E-state index contributed by atoms with van der Waals surface area (Å²) in [5.74, 6) is 0. The fourth-order valence-electron chi connectivity index (χ4n) is 3.21. The Morgan fingerprint density at radius 2 is 1.85 bits per heavy atom. The normalized spacial score (nSPS) is 27.6. The van der Waals surface area contributed by atoms with E-state index in [4.69, 9.17) is 4.74 Å².